The SMILES string of the molecule is CC1=C2CCCCC=C2C(CC2CCCC(c3cccc(CCC(=O)NC(C)c4ccccc4)c3)CC2)=N/C=C/C1. The average molecular weight is 549 g/mol. The molecule has 0 bridgehead atoms. The van der Waals surface area contributed by atoms with E-state index in [1.807, 2.05) is 18.2 Å². The van der Waals surface area contributed by atoms with E-state index in [-0.39, 0.29) is 11.9 Å². The Hall–Kier alpha value is -3.20. The van der Waals surface area contributed by atoms with Crippen LogP contribution < -0.4 is 5.32 Å². The first kappa shape index (κ1) is 29.3. The van der Waals surface area contributed by atoms with E-state index in [9.17, 15) is 4.79 Å². The number of nitrogens with one attached hydrogen (secondary N) is 1. The predicted molar refractivity (Wildman–Crippen MR) is 172 cm³/mol. The normalized spacial score (nSPS) is 23.1. The molecule has 41 heavy (non-hydrogen) atoms. The van der Waals surface area contributed by atoms with Crippen molar-refractivity contribution in [1.29, 1.82) is 0 Å². The number of benzene rings is 2. The lowest BCUT2D eigenvalue weighted by atomic mass is 9.85. The van der Waals surface area contributed by atoms with Gasteiger partial charge in [-0.05, 0) is 118 Å². The topological polar surface area (TPSA) is 41.5 Å². The highest BCUT2D eigenvalue weighted by atomic mass is 16.1. The maximum atomic E-state index is 12.7. The lowest BCUT2D eigenvalue weighted by molar-refractivity contribution is -0.121. The van der Waals surface area contributed by atoms with Crippen LogP contribution in [0.15, 0.2) is 94.7 Å². The van der Waals surface area contributed by atoms with Gasteiger partial charge in [0.25, 0.3) is 0 Å². The van der Waals surface area contributed by atoms with Crippen molar-refractivity contribution in [3.8, 4) is 0 Å². The monoisotopic (exact) mass is 548 g/mol. The van der Waals surface area contributed by atoms with Crippen molar-refractivity contribution in [2.75, 3.05) is 0 Å². The third kappa shape index (κ3) is 8.18. The summed E-state index contributed by atoms with van der Waals surface area (Å²) in [5, 5.41) is 3.16. The van der Waals surface area contributed by atoms with E-state index in [0.717, 1.165) is 24.8 Å². The molecule has 1 aliphatic heterocycles. The number of nitrogens with zero attached hydrogens (tertiary/aromatic N) is 1. The van der Waals surface area contributed by atoms with Gasteiger partial charge in [0.2, 0.25) is 5.91 Å². The van der Waals surface area contributed by atoms with Gasteiger partial charge in [0.15, 0.2) is 0 Å². The van der Waals surface area contributed by atoms with Gasteiger partial charge in [-0.3, -0.25) is 9.79 Å². The zero-order valence-corrected chi connectivity index (χ0v) is 25.2. The van der Waals surface area contributed by atoms with Gasteiger partial charge in [-0.1, -0.05) is 85.2 Å². The number of fused-ring (bicyclic) bond motifs is 1. The Labute approximate surface area is 247 Å². The summed E-state index contributed by atoms with van der Waals surface area (Å²) in [6, 6.07) is 19.3. The zero-order chi connectivity index (χ0) is 28.4. The maximum Gasteiger partial charge on any atom is 0.220 e. The number of aliphatic imine (C=N–C) groups is 1. The summed E-state index contributed by atoms with van der Waals surface area (Å²) < 4.78 is 0. The maximum absolute atomic E-state index is 12.7. The number of amides is 1. The summed E-state index contributed by atoms with van der Waals surface area (Å²) in [6.45, 7) is 4.38. The molecule has 216 valence electrons. The van der Waals surface area contributed by atoms with E-state index in [1.165, 1.54) is 85.8 Å². The van der Waals surface area contributed by atoms with Gasteiger partial charge < -0.3 is 5.32 Å². The smallest absolute Gasteiger partial charge is 0.220 e. The van der Waals surface area contributed by atoms with E-state index in [4.69, 9.17) is 4.99 Å². The molecule has 3 nitrogen and oxygen atoms in total. The number of aryl methyl sites for hydroxylation is 1. The van der Waals surface area contributed by atoms with E-state index in [1.54, 1.807) is 5.57 Å². The summed E-state index contributed by atoms with van der Waals surface area (Å²) in [6.07, 6.45) is 21.6. The van der Waals surface area contributed by atoms with E-state index >= 15 is 0 Å². The number of hydrogen-bond acceptors (Lipinski definition) is 2. The molecule has 1 N–H and O–H groups in total. The number of rotatable bonds is 8. The number of carbonyl (C=O) groups excluding carboxylic acids is 1. The third-order valence-electron chi connectivity index (χ3n) is 9.45. The molecule has 1 heterocycles. The van der Waals surface area contributed by atoms with Crippen LogP contribution in [0.2, 0.25) is 0 Å². The zero-order valence-electron chi connectivity index (χ0n) is 25.2. The highest BCUT2D eigenvalue weighted by Gasteiger charge is 2.25. The molecule has 2 aromatic rings. The van der Waals surface area contributed by atoms with Crippen molar-refractivity contribution >= 4 is 11.6 Å². The summed E-state index contributed by atoms with van der Waals surface area (Å²) in [4.78, 5) is 17.7. The van der Waals surface area contributed by atoms with Gasteiger partial charge in [-0.15, -0.1) is 0 Å². The molecule has 5 rings (SSSR count). The highest BCUT2D eigenvalue weighted by Crippen LogP contribution is 2.38. The van der Waals surface area contributed by atoms with Crippen LogP contribution in [0, 0.1) is 5.92 Å². The van der Waals surface area contributed by atoms with Crippen LogP contribution in [-0.2, 0) is 11.2 Å². The van der Waals surface area contributed by atoms with Crippen molar-refractivity contribution in [1.82, 2.24) is 5.32 Å². The van der Waals surface area contributed by atoms with Crippen molar-refractivity contribution in [2.45, 2.75) is 109 Å². The van der Waals surface area contributed by atoms with E-state index in [2.05, 4.69) is 73.9 Å². The largest absolute Gasteiger partial charge is 0.350 e. The van der Waals surface area contributed by atoms with E-state index in [0.29, 0.717) is 18.3 Å². The quantitative estimate of drug-likeness (QED) is 0.328. The van der Waals surface area contributed by atoms with Crippen LogP contribution in [0.25, 0.3) is 0 Å². The second-order valence-electron chi connectivity index (χ2n) is 12.5. The van der Waals surface area contributed by atoms with Gasteiger partial charge in [0.05, 0.1) is 6.04 Å². The molecule has 3 atom stereocenters. The first-order valence-corrected chi connectivity index (χ1v) is 16.1. The van der Waals surface area contributed by atoms with Crippen LogP contribution >= 0.6 is 0 Å². The Morgan fingerprint density at radius 1 is 1.00 bits per heavy atom. The molecule has 0 aromatic heterocycles. The third-order valence-corrected chi connectivity index (χ3v) is 9.45. The number of carbonyl (C=O) groups is 1. The minimum absolute atomic E-state index is 0.0314. The molecule has 3 unspecified atom stereocenters. The Kier molecular flexibility index (Phi) is 10.4. The summed E-state index contributed by atoms with van der Waals surface area (Å²) >= 11 is 0. The standard InChI is InChI=1S/C38H48N2O/c1-28-12-11-25-39-37(36-20-8-4-7-19-35(28)36)27-31-14-9-17-33(23-21-31)34-18-10-13-30(26-34)22-24-38(41)40-29(2)32-15-5-3-6-16-32/h3,5-6,10-11,13,15-16,18,20,25-26,29,31,33H,4,7-9,12,14,17,19,21-24,27H2,1-2H3,(H,40,41)/b25-11+,35-28?,39-37?. The molecule has 0 radical (unpaired) electrons. The van der Waals surface area contributed by atoms with Crippen molar-refractivity contribution in [3.63, 3.8) is 0 Å². The number of hydrogen-bond donors (Lipinski definition) is 1. The van der Waals surface area contributed by atoms with Crippen molar-refractivity contribution in [3.05, 3.63) is 106 Å². The van der Waals surface area contributed by atoms with Crippen LogP contribution in [0.1, 0.15) is 120 Å². The molecule has 3 heteroatoms. The van der Waals surface area contributed by atoms with Gasteiger partial charge in [-0.2, -0.15) is 0 Å². The Balaban J connectivity index is 1.16. The minimum atomic E-state index is 0.0314. The fourth-order valence-electron chi connectivity index (χ4n) is 7.00. The van der Waals surface area contributed by atoms with Gasteiger partial charge in [0, 0.05) is 18.3 Å². The van der Waals surface area contributed by atoms with Gasteiger partial charge in [-0.25, -0.2) is 0 Å². The molecule has 2 aliphatic carbocycles. The first-order chi connectivity index (χ1) is 20.1. The van der Waals surface area contributed by atoms with Crippen LogP contribution in [0.3, 0.4) is 0 Å². The van der Waals surface area contributed by atoms with Crippen LogP contribution in [-0.4, -0.2) is 11.6 Å². The summed E-state index contributed by atoms with van der Waals surface area (Å²) in [7, 11) is 0. The highest BCUT2D eigenvalue weighted by molar-refractivity contribution is 6.04. The molecular weight excluding hydrogens is 500 g/mol. The van der Waals surface area contributed by atoms with Crippen LogP contribution in [0.5, 0.6) is 0 Å². The minimum Gasteiger partial charge on any atom is -0.350 e. The lowest BCUT2D eigenvalue weighted by Gasteiger charge is -2.21. The molecular formula is C38H48N2O. The Bertz CT molecular complexity index is 1300. The molecule has 0 saturated heterocycles. The fourth-order valence-corrected chi connectivity index (χ4v) is 7.00. The second kappa shape index (κ2) is 14.6. The molecule has 1 saturated carbocycles. The molecule has 2 aromatic carbocycles. The summed E-state index contributed by atoms with van der Waals surface area (Å²) in [5.41, 5.74) is 9.80. The number of allylic oxidation sites excluding steroid dienone is 5. The van der Waals surface area contributed by atoms with E-state index < -0.39 is 0 Å². The lowest BCUT2D eigenvalue weighted by Crippen LogP contribution is -2.26. The molecule has 1 fully saturated rings. The van der Waals surface area contributed by atoms with Gasteiger partial charge in [0.1, 0.15) is 0 Å². The van der Waals surface area contributed by atoms with Crippen molar-refractivity contribution in [2.24, 2.45) is 10.9 Å². The van der Waals surface area contributed by atoms with Gasteiger partial charge >= 0.3 is 0 Å². The first-order valence-electron chi connectivity index (χ1n) is 16.1. The summed E-state index contributed by atoms with van der Waals surface area (Å²) in [5.74, 6) is 1.43. The Morgan fingerprint density at radius 3 is 2.76 bits per heavy atom. The second-order valence-corrected chi connectivity index (χ2v) is 12.5. The fraction of sp³-hybridized carbons (Fsp3) is 0.474. The average Bonchev–Trinajstić information content (AvgIpc) is 3.38. The van der Waals surface area contributed by atoms with Crippen molar-refractivity contribution < 1.29 is 4.79 Å². The molecule has 1 amide bonds. The van der Waals surface area contributed by atoms with Crippen LogP contribution in [0.4, 0.5) is 0 Å². The molecule has 0 spiro atoms. The Morgan fingerprint density at radius 2 is 1.88 bits per heavy atom. The predicted octanol–water partition coefficient (Wildman–Crippen LogP) is 9.73. The molecule has 3 aliphatic rings.